The van der Waals surface area contributed by atoms with Crippen LogP contribution in [-0.4, -0.2) is 0 Å². The molecule has 0 saturated carbocycles. The Hall–Kier alpha value is -2.82. The molecule has 3 aromatic rings. The summed E-state index contributed by atoms with van der Waals surface area (Å²) in [5.41, 5.74) is 1.48. The van der Waals surface area contributed by atoms with Crippen molar-refractivity contribution in [1.29, 1.82) is 0 Å². The fraction of sp³-hybridized carbons (Fsp3) is 0.280. The molecule has 0 atom stereocenters. The van der Waals surface area contributed by atoms with Gasteiger partial charge in [-0.1, -0.05) is 56.7 Å². The van der Waals surface area contributed by atoms with Crippen LogP contribution in [0.2, 0.25) is 0 Å². The van der Waals surface area contributed by atoms with Gasteiger partial charge in [0, 0.05) is 11.1 Å². The van der Waals surface area contributed by atoms with Gasteiger partial charge in [0.05, 0.1) is 0 Å². The van der Waals surface area contributed by atoms with E-state index in [0.717, 1.165) is 12.8 Å². The molecule has 0 bridgehead atoms. The Balaban J connectivity index is 1.73. The van der Waals surface area contributed by atoms with Crippen LogP contribution in [0, 0.1) is 23.3 Å². The molecule has 0 fully saturated rings. The number of hydrogen-bond donors (Lipinski definition) is 0. The van der Waals surface area contributed by atoms with Gasteiger partial charge in [-0.3, -0.25) is 0 Å². The number of unbranched alkanes of at least 4 members (excludes halogenated alkanes) is 1. The summed E-state index contributed by atoms with van der Waals surface area (Å²) >= 11 is 0. The molecule has 5 heteroatoms. The van der Waals surface area contributed by atoms with Crippen LogP contribution >= 0.6 is 0 Å². The average Bonchev–Trinajstić information content (AvgIpc) is 2.76. The highest BCUT2D eigenvalue weighted by atomic mass is 19.2. The fourth-order valence-electron chi connectivity index (χ4n) is 3.28. The highest BCUT2D eigenvalue weighted by Crippen LogP contribution is 2.29. The van der Waals surface area contributed by atoms with Crippen LogP contribution in [0.15, 0.2) is 48.5 Å². The highest BCUT2D eigenvalue weighted by molar-refractivity contribution is 5.65. The molecule has 3 aromatic carbocycles. The van der Waals surface area contributed by atoms with E-state index in [2.05, 4.69) is 0 Å². The van der Waals surface area contributed by atoms with Gasteiger partial charge in [0.2, 0.25) is 0 Å². The lowest BCUT2D eigenvalue weighted by molar-refractivity contribution is 0.297. The largest absolute Gasteiger partial charge is 0.489 e. The minimum absolute atomic E-state index is 0.115. The molecule has 3 rings (SSSR count). The van der Waals surface area contributed by atoms with Gasteiger partial charge in [0.1, 0.15) is 12.4 Å². The number of hydrogen-bond acceptors (Lipinski definition) is 1. The number of rotatable bonds is 8. The van der Waals surface area contributed by atoms with Crippen molar-refractivity contribution >= 4 is 0 Å². The number of ether oxygens (including phenoxy) is 1. The van der Waals surface area contributed by atoms with E-state index in [4.69, 9.17) is 4.74 Å². The molecular weight excluding hydrogens is 392 g/mol. The van der Waals surface area contributed by atoms with E-state index in [1.807, 2.05) is 6.92 Å². The van der Waals surface area contributed by atoms with Crippen LogP contribution in [0.5, 0.6) is 5.75 Å². The van der Waals surface area contributed by atoms with E-state index >= 15 is 0 Å². The maximum absolute atomic E-state index is 14.5. The van der Waals surface area contributed by atoms with Gasteiger partial charge in [0.25, 0.3) is 0 Å². The third-order valence-electron chi connectivity index (χ3n) is 5.14. The minimum atomic E-state index is -0.910. The molecule has 0 aromatic heterocycles. The Bertz CT molecular complexity index is 1010. The fourth-order valence-corrected chi connectivity index (χ4v) is 3.28. The second kappa shape index (κ2) is 9.79. The van der Waals surface area contributed by atoms with Crippen LogP contribution < -0.4 is 4.74 Å². The lowest BCUT2D eigenvalue weighted by Crippen LogP contribution is -2.03. The summed E-state index contributed by atoms with van der Waals surface area (Å²) in [5.74, 6) is -3.03. The summed E-state index contributed by atoms with van der Waals surface area (Å²) in [7, 11) is 0. The Morgan fingerprint density at radius 1 is 0.667 bits per heavy atom. The molecule has 0 aliphatic carbocycles. The standard InChI is InChI=1S/C25H24F4O/c1-3-5-6-18-11-14-21(25(29)23(18)27)17-9-12-20(13-10-17)30-15-19-8-7-16(4-2)22(26)24(19)28/h7-14H,3-6,15H2,1-2H3. The lowest BCUT2D eigenvalue weighted by atomic mass is 10.00. The Morgan fingerprint density at radius 3 is 1.93 bits per heavy atom. The number of benzene rings is 3. The first kappa shape index (κ1) is 21.9. The molecule has 0 N–H and O–H groups in total. The number of halogens is 4. The molecule has 0 spiro atoms. The summed E-state index contributed by atoms with van der Waals surface area (Å²) in [6.45, 7) is 3.61. The van der Waals surface area contributed by atoms with E-state index in [0.29, 0.717) is 35.3 Å². The topological polar surface area (TPSA) is 9.23 Å². The normalized spacial score (nSPS) is 11.0. The van der Waals surface area contributed by atoms with Crippen LogP contribution in [0.25, 0.3) is 11.1 Å². The van der Waals surface area contributed by atoms with Crippen molar-refractivity contribution in [3.63, 3.8) is 0 Å². The first-order valence-corrected chi connectivity index (χ1v) is 10.1. The Labute approximate surface area is 174 Å². The average molecular weight is 416 g/mol. The second-order valence-electron chi connectivity index (χ2n) is 7.18. The minimum Gasteiger partial charge on any atom is -0.489 e. The van der Waals surface area contributed by atoms with Gasteiger partial charge in [-0.2, -0.15) is 0 Å². The van der Waals surface area contributed by atoms with Gasteiger partial charge in [-0.05, 0) is 48.1 Å². The van der Waals surface area contributed by atoms with Gasteiger partial charge in [-0.15, -0.1) is 0 Å². The quantitative estimate of drug-likeness (QED) is 0.348. The van der Waals surface area contributed by atoms with Crippen molar-refractivity contribution in [3.8, 4) is 16.9 Å². The predicted octanol–water partition coefficient (Wildman–Crippen LogP) is 7.39. The molecule has 1 nitrogen and oxygen atoms in total. The zero-order valence-electron chi connectivity index (χ0n) is 17.1. The molecule has 0 heterocycles. The Morgan fingerprint density at radius 2 is 1.27 bits per heavy atom. The summed E-state index contributed by atoms with van der Waals surface area (Å²) < 4.78 is 62.4. The van der Waals surface area contributed by atoms with Gasteiger partial charge < -0.3 is 4.74 Å². The molecular formula is C25H24F4O. The molecule has 0 aliphatic rings. The second-order valence-corrected chi connectivity index (χ2v) is 7.18. The summed E-state index contributed by atoms with van der Waals surface area (Å²) in [5, 5.41) is 0. The third kappa shape index (κ3) is 4.66. The van der Waals surface area contributed by atoms with E-state index in [1.165, 1.54) is 6.07 Å². The maximum Gasteiger partial charge on any atom is 0.166 e. The van der Waals surface area contributed by atoms with Crippen molar-refractivity contribution in [1.82, 2.24) is 0 Å². The van der Waals surface area contributed by atoms with Crippen LogP contribution in [0.3, 0.4) is 0 Å². The Kier molecular flexibility index (Phi) is 7.14. The summed E-state index contributed by atoms with van der Waals surface area (Å²) in [6, 6.07) is 12.6. The third-order valence-corrected chi connectivity index (χ3v) is 5.14. The van der Waals surface area contributed by atoms with Gasteiger partial charge in [0.15, 0.2) is 23.3 Å². The van der Waals surface area contributed by atoms with Crippen molar-refractivity contribution in [2.24, 2.45) is 0 Å². The van der Waals surface area contributed by atoms with Crippen LogP contribution in [-0.2, 0) is 19.4 Å². The van der Waals surface area contributed by atoms with E-state index in [-0.39, 0.29) is 17.7 Å². The highest BCUT2D eigenvalue weighted by Gasteiger charge is 2.15. The first-order chi connectivity index (χ1) is 14.5. The zero-order valence-corrected chi connectivity index (χ0v) is 17.1. The van der Waals surface area contributed by atoms with Gasteiger partial charge in [-0.25, -0.2) is 17.6 Å². The van der Waals surface area contributed by atoms with Crippen molar-refractivity contribution in [2.75, 3.05) is 0 Å². The summed E-state index contributed by atoms with van der Waals surface area (Å²) in [6.07, 6.45) is 2.61. The van der Waals surface area contributed by atoms with Crippen molar-refractivity contribution in [2.45, 2.75) is 46.1 Å². The lowest BCUT2D eigenvalue weighted by Gasteiger charge is -2.11. The molecule has 158 valence electrons. The first-order valence-electron chi connectivity index (χ1n) is 10.1. The number of aryl methyl sites for hydroxylation is 2. The molecule has 0 unspecified atom stereocenters. The molecule has 0 radical (unpaired) electrons. The monoisotopic (exact) mass is 416 g/mol. The smallest absolute Gasteiger partial charge is 0.166 e. The van der Waals surface area contributed by atoms with Crippen molar-refractivity contribution in [3.05, 3.63) is 88.5 Å². The molecule has 30 heavy (non-hydrogen) atoms. The molecule has 0 aliphatic heterocycles. The van der Waals surface area contributed by atoms with Crippen LogP contribution in [0.4, 0.5) is 17.6 Å². The van der Waals surface area contributed by atoms with Gasteiger partial charge >= 0.3 is 0 Å². The van der Waals surface area contributed by atoms with E-state index < -0.39 is 23.3 Å². The zero-order chi connectivity index (χ0) is 21.7. The van der Waals surface area contributed by atoms with Crippen molar-refractivity contribution < 1.29 is 22.3 Å². The van der Waals surface area contributed by atoms with E-state index in [9.17, 15) is 17.6 Å². The van der Waals surface area contributed by atoms with E-state index in [1.54, 1.807) is 49.4 Å². The molecule has 0 saturated heterocycles. The SMILES string of the molecule is CCCCc1ccc(-c2ccc(OCc3ccc(CC)c(F)c3F)cc2)c(F)c1F. The summed E-state index contributed by atoms with van der Waals surface area (Å²) in [4.78, 5) is 0. The predicted molar refractivity (Wildman–Crippen MR) is 110 cm³/mol. The maximum atomic E-state index is 14.5. The molecule has 0 amide bonds. The van der Waals surface area contributed by atoms with Crippen LogP contribution in [0.1, 0.15) is 43.4 Å².